The zero-order valence-corrected chi connectivity index (χ0v) is 6.77. The van der Waals surface area contributed by atoms with Gasteiger partial charge < -0.3 is 10.0 Å². The summed E-state index contributed by atoms with van der Waals surface area (Å²) in [6.07, 6.45) is 0. The highest BCUT2D eigenvalue weighted by Crippen LogP contribution is 2.27. The summed E-state index contributed by atoms with van der Waals surface area (Å²) in [5.41, 5.74) is 0.758. The fourth-order valence-electron chi connectivity index (χ4n) is 1.27. The minimum absolute atomic E-state index is 0.308. The number of benzene rings is 1. The molecule has 0 aromatic heterocycles. The summed E-state index contributed by atoms with van der Waals surface area (Å²) in [4.78, 5) is 12.2. The van der Waals surface area contributed by atoms with Crippen LogP contribution in [0.25, 0.3) is 0 Å². The molecule has 0 amide bonds. The van der Waals surface area contributed by atoms with Crippen molar-refractivity contribution in [3.8, 4) is 0 Å². The Morgan fingerprint density at radius 2 is 2.08 bits per heavy atom. The average molecular weight is 181 g/mol. The van der Waals surface area contributed by atoms with Crippen LogP contribution in [0, 0.1) is 5.82 Å². The van der Waals surface area contributed by atoms with Crippen LogP contribution in [0.2, 0.25) is 0 Å². The van der Waals surface area contributed by atoms with Crippen LogP contribution in [-0.2, 0) is 4.79 Å². The van der Waals surface area contributed by atoms with E-state index in [0.717, 1.165) is 5.69 Å². The monoisotopic (exact) mass is 181 g/mol. The molecule has 1 atom stereocenters. The van der Waals surface area contributed by atoms with Gasteiger partial charge in [0, 0.05) is 5.69 Å². The third kappa shape index (κ3) is 1.47. The van der Waals surface area contributed by atoms with Crippen molar-refractivity contribution in [1.29, 1.82) is 0 Å². The molecule has 1 saturated heterocycles. The topological polar surface area (TPSA) is 40.3 Å². The molecule has 0 unspecified atom stereocenters. The zero-order chi connectivity index (χ0) is 9.42. The third-order valence-corrected chi connectivity index (χ3v) is 2.06. The lowest BCUT2D eigenvalue weighted by atomic mass is 10.3. The Balaban J connectivity index is 2.12. The van der Waals surface area contributed by atoms with E-state index in [1.165, 1.54) is 12.1 Å². The summed E-state index contributed by atoms with van der Waals surface area (Å²) in [6, 6.07) is 5.39. The van der Waals surface area contributed by atoms with E-state index in [9.17, 15) is 9.18 Å². The van der Waals surface area contributed by atoms with Gasteiger partial charge in [-0.2, -0.15) is 0 Å². The number of hydrogen-bond donors (Lipinski definition) is 1. The summed E-state index contributed by atoms with van der Waals surface area (Å²) in [5, 5.41) is 8.62. The maximum absolute atomic E-state index is 12.5. The van der Waals surface area contributed by atoms with Gasteiger partial charge in [-0.05, 0) is 24.3 Å². The highest BCUT2D eigenvalue weighted by atomic mass is 19.1. The van der Waals surface area contributed by atoms with Crippen molar-refractivity contribution in [1.82, 2.24) is 0 Å². The normalized spacial score (nSPS) is 20.1. The predicted octanol–water partition coefficient (Wildman–Crippen LogP) is 1.10. The fraction of sp³-hybridized carbons (Fsp3) is 0.222. The first-order valence-electron chi connectivity index (χ1n) is 3.93. The van der Waals surface area contributed by atoms with Gasteiger partial charge in [0.2, 0.25) is 0 Å². The fourth-order valence-corrected chi connectivity index (χ4v) is 1.27. The molecule has 1 aliphatic rings. The van der Waals surface area contributed by atoms with Crippen molar-refractivity contribution in [2.45, 2.75) is 6.04 Å². The van der Waals surface area contributed by atoms with Gasteiger partial charge in [-0.25, -0.2) is 9.18 Å². The molecule has 1 aromatic rings. The Labute approximate surface area is 74.4 Å². The van der Waals surface area contributed by atoms with Gasteiger partial charge >= 0.3 is 5.97 Å². The number of halogens is 1. The van der Waals surface area contributed by atoms with Crippen LogP contribution in [0.1, 0.15) is 0 Å². The second-order valence-electron chi connectivity index (χ2n) is 2.98. The summed E-state index contributed by atoms with van der Waals surface area (Å²) in [5.74, 6) is -1.14. The lowest BCUT2D eigenvalue weighted by Gasteiger charge is -2.02. The van der Waals surface area contributed by atoms with Crippen molar-refractivity contribution in [2.24, 2.45) is 0 Å². The summed E-state index contributed by atoms with van der Waals surface area (Å²) < 4.78 is 12.5. The molecular formula is C9H8FNO2. The molecule has 1 aliphatic heterocycles. The van der Waals surface area contributed by atoms with E-state index in [1.54, 1.807) is 17.0 Å². The van der Waals surface area contributed by atoms with E-state index in [2.05, 4.69) is 0 Å². The number of hydrogen-bond acceptors (Lipinski definition) is 2. The van der Waals surface area contributed by atoms with Crippen molar-refractivity contribution in [3.05, 3.63) is 30.1 Å². The predicted molar refractivity (Wildman–Crippen MR) is 45.2 cm³/mol. The minimum Gasteiger partial charge on any atom is -0.480 e. The molecule has 1 heterocycles. The van der Waals surface area contributed by atoms with E-state index in [1.807, 2.05) is 0 Å². The molecule has 3 nitrogen and oxygen atoms in total. The van der Waals surface area contributed by atoms with Crippen LogP contribution in [0.4, 0.5) is 10.1 Å². The van der Waals surface area contributed by atoms with Gasteiger partial charge in [0.1, 0.15) is 11.9 Å². The summed E-state index contributed by atoms with van der Waals surface area (Å²) in [7, 11) is 0. The molecule has 1 N–H and O–H groups in total. The lowest BCUT2D eigenvalue weighted by Crippen LogP contribution is -2.10. The van der Waals surface area contributed by atoms with Crippen LogP contribution in [-0.4, -0.2) is 23.7 Å². The smallest absolute Gasteiger partial charge is 0.328 e. The number of anilines is 1. The van der Waals surface area contributed by atoms with E-state index in [4.69, 9.17) is 5.11 Å². The van der Waals surface area contributed by atoms with Gasteiger partial charge in [0.25, 0.3) is 0 Å². The highest BCUT2D eigenvalue weighted by molar-refractivity contribution is 5.84. The summed E-state index contributed by atoms with van der Waals surface area (Å²) in [6.45, 7) is 0.515. The number of rotatable bonds is 2. The molecule has 0 aliphatic carbocycles. The minimum atomic E-state index is -0.829. The van der Waals surface area contributed by atoms with Crippen LogP contribution >= 0.6 is 0 Å². The number of nitrogens with zero attached hydrogens (tertiary/aromatic N) is 1. The molecule has 2 rings (SSSR count). The Morgan fingerprint density at radius 1 is 1.46 bits per heavy atom. The van der Waals surface area contributed by atoms with Crippen molar-refractivity contribution < 1.29 is 14.3 Å². The molecular weight excluding hydrogens is 173 g/mol. The van der Waals surface area contributed by atoms with Gasteiger partial charge in [0.05, 0.1) is 6.54 Å². The first-order valence-corrected chi connectivity index (χ1v) is 3.93. The van der Waals surface area contributed by atoms with E-state index in [0.29, 0.717) is 6.54 Å². The van der Waals surface area contributed by atoms with Crippen LogP contribution in [0.3, 0.4) is 0 Å². The van der Waals surface area contributed by atoms with E-state index < -0.39 is 12.0 Å². The molecule has 13 heavy (non-hydrogen) atoms. The second-order valence-corrected chi connectivity index (χ2v) is 2.98. The van der Waals surface area contributed by atoms with Gasteiger partial charge in [-0.15, -0.1) is 0 Å². The highest BCUT2D eigenvalue weighted by Gasteiger charge is 2.40. The van der Waals surface area contributed by atoms with Crippen molar-refractivity contribution >= 4 is 11.7 Å². The molecule has 4 heteroatoms. The maximum Gasteiger partial charge on any atom is 0.328 e. The molecule has 0 spiro atoms. The third-order valence-electron chi connectivity index (χ3n) is 2.06. The largest absolute Gasteiger partial charge is 0.480 e. The van der Waals surface area contributed by atoms with E-state index in [-0.39, 0.29) is 5.82 Å². The Morgan fingerprint density at radius 3 is 2.54 bits per heavy atom. The average Bonchev–Trinajstić information content (AvgIpc) is 2.85. The van der Waals surface area contributed by atoms with Crippen LogP contribution in [0.5, 0.6) is 0 Å². The van der Waals surface area contributed by atoms with Crippen LogP contribution < -0.4 is 4.90 Å². The number of carboxylic acid groups (broad SMARTS) is 1. The molecule has 0 saturated carbocycles. The van der Waals surface area contributed by atoms with Crippen LogP contribution in [0.15, 0.2) is 24.3 Å². The Hall–Kier alpha value is -1.58. The van der Waals surface area contributed by atoms with Gasteiger partial charge in [-0.3, -0.25) is 0 Å². The maximum atomic E-state index is 12.5. The lowest BCUT2D eigenvalue weighted by molar-refractivity contribution is -0.136. The van der Waals surface area contributed by atoms with E-state index >= 15 is 0 Å². The second kappa shape index (κ2) is 2.73. The SMILES string of the molecule is O=C(O)[C@H]1CN1c1ccc(F)cc1. The first-order chi connectivity index (χ1) is 6.18. The molecule has 1 aromatic carbocycles. The standard InChI is InChI=1S/C9H8FNO2/c10-6-1-3-7(4-2-6)11-5-8(11)9(12)13/h1-4,8H,5H2,(H,12,13)/t8-,11?/m1/s1. The van der Waals surface area contributed by atoms with Crippen molar-refractivity contribution in [3.63, 3.8) is 0 Å². The quantitative estimate of drug-likeness (QED) is 0.694. The molecule has 68 valence electrons. The summed E-state index contributed by atoms with van der Waals surface area (Å²) >= 11 is 0. The molecule has 0 bridgehead atoms. The number of aliphatic carboxylic acids is 1. The van der Waals surface area contributed by atoms with Crippen molar-refractivity contribution in [2.75, 3.05) is 11.4 Å². The molecule has 0 radical (unpaired) electrons. The number of carbonyl (C=O) groups is 1. The van der Waals surface area contributed by atoms with Gasteiger partial charge in [0.15, 0.2) is 0 Å². The Bertz CT molecular complexity index is 336. The van der Waals surface area contributed by atoms with Gasteiger partial charge in [-0.1, -0.05) is 0 Å². The number of carboxylic acids is 1. The first kappa shape index (κ1) is 8.04. The molecule has 1 fully saturated rings. The zero-order valence-electron chi connectivity index (χ0n) is 6.77. The Kier molecular flexibility index (Phi) is 1.69.